The molecule has 2 rings (SSSR count). The second-order valence-electron chi connectivity index (χ2n) is 2.91. The largest absolute Gasteiger partial charge is 0.428 e. The van der Waals surface area contributed by atoms with Crippen LogP contribution in [0, 0.1) is 0 Å². The van der Waals surface area contributed by atoms with Crippen LogP contribution in [0.2, 0.25) is 5.02 Å². The number of carbonyl (C=O) groups is 1. The number of nitrogens with two attached hydrogens (primary N) is 1. The number of amides is 1. The normalized spacial score (nSPS) is 10.6. The standard InChI is InChI=1S/C9H7ClN2O2/c10-5-1-2-8-6(3-5)7(9(11)13)4-12(8)14/h1-4,14H,(H2,11,13). The van der Waals surface area contributed by atoms with Gasteiger partial charge in [-0.2, -0.15) is 4.73 Å². The number of fused-ring (bicyclic) bond motifs is 1. The SMILES string of the molecule is NC(=O)c1cn(O)c2ccc(Cl)cc12. The molecule has 0 aliphatic rings. The lowest BCUT2D eigenvalue weighted by Crippen LogP contribution is -2.10. The molecule has 3 N–H and O–H groups in total. The van der Waals surface area contributed by atoms with E-state index in [1.165, 1.54) is 6.20 Å². The number of nitrogens with zero attached hydrogens (tertiary/aromatic N) is 1. The third-order valence-corrected chi connectivity index (χ3v) is 2.25. The van der Waals surface area contributed by atoms with Gasteiger partial charge in [-0.25, -0.2) is 0 Å². The van der Waals surface area contributed by atoms with Crippen LogP contribution < -0.4 is 5.73 Å². The Balaban J connectivity index is 2.85. The Hall–Kier alpha value is -1.68. The average molecular weight is 211 g/mol. The third-order valence-electron chi connectivity index (χ3n) is 2.01. The Morgan fingerprint density at radius 3 is 2.86 bits per heavy atom. The molecule has 0 atom stereocenters. The smallest absolute Gasteiger partial charge is 0.251 e. The summed E-state index contributed by atoms with van der Waals surface area (Å²) in [6.45, 7) is 0. The van der Waals surface area contributed by atoms with Crippen LogP contribution in [0.5, 0.6) is 0 Å². The highest BCUT2D eigenvalue weighted by molar-refractivity contribution is 6.31. The van der Waals surface area contributed by atoms with Gasteiger partial charge in [0.15, 0.2) is 0 Å². The van der Waals surface area contributed by atoms with Gasteiger partial charge >= 0.3 is 0 Å². The summed E-state index contributed by atoms with van der Waals surface area (Å²) < 4.78 is 0.853. The lowest BCUT2D eigenvalue weighted by Gasteiger charge is -1.94. The monoisotopic (exact) mass is 210 g/mol. The van der Waals surface area contributed by atoms with E-state index in [-0.39, 0.29) is 5.56 Å². The number of aromatic nitrogens is 1. The zero-order chi connectivity index (χ0) is 10.3. The van der Waals surface area contributed by atoms with Crippen LogP contribution in [0.1, 0.15) is 10.4 Å². The molecule has 0 aliphatic carbocycles. The van der Waals surface area contributed by atoms with E-state index in [9.17, 15) is 10.0 Å². The van der Waals surface area contributed by atoms with Crippen molar-refractivity contribution in [3.05, 3.63) is 35.0 Å². The Bertz CT molecular complexity index is 519. The van der Waals surface area contributed by atoms with E-state index in [2.05, 4.69) is 0 Å². The molecule has 1 amide bonds. The van der Waals surface area contributed by atoms with Gasteiger partial charge < -0.3 is 10.9 Å². The predicted octanol–water partition coefficient (Wildman–Crippen LogP) is 1.63. The molecule has 14 heavy (non-hydrogen) atoms. The van der Waals surface area contributed by atoms with Crippen LogP contribution >= 0.6 is 11.6 Å². The van der Waals surface area contributed by atoms with Gasteiger partial charge in [0.25, 0.3) is 5.91 Å². The minimum Gasteiger partial charge on any atom is -0.428 e. The summed E-state index contributed by atoms with van der Waals surface area (Å²) >= 11 is 5.76. The second-order valence-corrected chi connectivity index (χ2v) is 3.35. The van der Waals surface area contributed by atoms with Gasteiger partial charge in [-0.3, -0.25) is 4.79 Å². The highest BCUT2D eigenvalue weighted by Gasteiger charge is 2.12. The second kappa shape index (κ2) is 2.92. The van der Waals surface area contributed by atoms with E-state index in [0.29, 0.717) is 15.9 Å². The molecular weight excluding hydrogens is 204 g/mol. The molecular formula is C9H7ClN2O2. The average Bonchev–Trinajstić information content (AvgIpc) is 2.43. The summed E-state index contributed by atoms with van der Waals surface area (Å²) in [6, 6.07) is 4.83. The van der Waals surface area contributed by atoms with Crippen molar-refractivity contribution < 1.29 is 10.0 Å². The van der Waals surface area contributed by atoms with Crippen LogP contribution in [-0.4, -0.2) is 15.8 Å². The molecule has 0 saturated carbocycles. The quantitative estimate of drug-likeness (QED) is 0.703. The van der Waals surface area contributed by atoms with Crippen molar-refractivity contribution in [2.24, 2.45) is 5.73 Å². The lowest BCUT2D eigenvalue weighted by molar-refractivity contribution is 0.0999. The molecule has 0 saturated heterocycles. The number of rotatable bonds is 1. The van der Waals surface area contributed by atoms with Gasteiger partial charge in [0, 0.05) is 10.4 Å². The summed E-state index contributed by atoms with van der Waals surface area (Å²) in [5.41, 5.74) is 5.89. The molecule has 1 aromatic heterocycles. The van der Waals surface area contributed by atoms with Gasteiger partial charge in [0.05, 0.1) is 17.3 Å². The predicted molar refractivity (Wildman–Crippen MR) is 52.7 cm³/mol. The summed E-state index contributed by atoms with van der Waals surface area (Å²) in [6.07, 6.45) is 1.27. The van der Waals surface area contributed by atoms with Gasteiger partial charge in [-0.15, -0.1) is 0 Å². The lowest BCUT2D eigenvalue weighted by atomic mass is 10.2. The van der Waals surface area contributed by atoms with Crippen molar-refractivity contribution in [1.29, 1.82) is 0 Å². The number of primary amides is 1. The zero-order valence-corrected chi connectivity index (χ0v) is 7.82. The van der Waals surface area contributed by atoms with Gasteiger partial charge in [0.1, 0.15) is 0 Å². The summed E-state index contributed by atoms with van der Waals surface area (Å²) in [7, 11) is 0. The first-order valence-electron chi connectivity index (χ1n) is 3.89. The number of benzene rings is 1. The number of halogens is 1. The number of hydrogen-bond donors (Lipinski definition) is 2. The highest BCUT2D eigenvalue weighted by atomic mass is 35.5. The summed E-state index contributed by atoms with van der Waals surface area (Å²) in [5.74, 6) is -0.593. The van der Waals surface area contributed by atoms with E-state index in [1.807, 2.05) is 0 Å². The van der Waals surface area contributed by atoms with Gasteiger partial charge in [0.2, 0.25) is 0 Å². The van der Waals surface area contributed by atoms with E-state index >= 15 is 0 Å². The van der Waals surface area contributed by atoms with Crippen molar-refractivity contribution in [2.45, 2.75) is 0 Å². The first-order chi connectivity index (χ1) is 6.59. The maximum atomic E-state index is 11.0. The molecule has 72 valence electrons. The minimum absolute atomic E-state index is 0.255. The fraction of sp³-hybridized carbons (Fsp3) is 0. The van der Waals surface area contributed by atoms with Crippen molar-refractivity contribution >= 4 is 28.4 Å². The maximum Gasteiger partial charge on any atom is 0.251 e. The van der Waals surface area contributed by atoms with Crippen LogP contribution in [0.25, 0.3) is 10.9 Å². The summed E-state index contributed by atoms with van der Waals surface area (Å²) in [5, 5.41) is 10.4. The fourth-order valence-corrected chi connectivity index (χ4v) is 1.55. The summed E-state index contributed by atoms with van der Waals surface area (Å²) in [4.78, 5) is 11.0. The fourth-order valence-electron chi connectivity index (χ4n) is 1.38. The van der Waals surface area contributed by atoms with Crippen molar-refractivity contribution in [3.8, 4) is 0 Å². The molecule has 0 radical (unpaired) electrons. The van der Waals surface area contributed by atoms with Crippen molar-refractivity contribution in [1.82, 2.24) is 4.73 Å². The zero-order valence-electron chi connectivity index (χ0n) is 7.07. The van der Waals surface area contributed by atoms with Crippen LogP contribution in [0.3, 0.4) is 0 Å². The molecule has 0 unspecified atom stereocenters. The highest BCUT2D eigenvalue weighted by Crippen LogP contribution is 2.23. The van der Waals surface area contributed by atoms with E-state index in [1.54, 1.807) is 18.2 Å². The van der Waals surface area contributed by atoms with E-state index in [0.717, 1.165) is 4.73 Å². The van der Waals surface area contributed by atoms with E-state index < -0.39 is 5.91 Å². The van der Waals surface area contributed by atoms with Crippen LogP contribution in [0.4, 0.5) is 0 Å². The molecule has 1 aromatic carbocycles. The van der Waals surface area contributed by atoms with Crippen LogP contribution in [-0.2, 0) is 0 Å². The van der Waals surface area contributed by atoms with Crippen molar-refractivity contribution in [2.75, 3.05) is 0 Å². The molecule has 0 fully saturated rings. The number of hydrogen-bond acceptors (Lipinski definition) is 2. The molecule has 1 heterocycles. The van der Waals surface area contributed by atoms with E-state index in [4.69, 9.17) is 17.3 Å². The molecule has 0 spiro atoms. The molecule has 2 aromatic rings. The number of carbonyl (C=O) groups excluding carboxylic acids is 1. The molecule has 0 bridgehead atoms. The first kappa shape index (κ1) is 8.90. The van der Waals surface area contributed by atoms with Gasteiger partial charge in [-0.1, -0.05) is 11.6 Å². The van der Waals surface area contributed by atoms with Gasteiger partial charge in [-0.05, 0) is 18.2 Å². The molecule has 4 nitrogen and oxygen atoms in total. The Kier molecular flexibility index (Phi) is 1.86. The third kappa shape index (κ3) is 1.20. The van der Waals surface area contributed by atoms with Crippen molar-refractivity contribution in [3.63, 3.8) is 0 Å². The topological polar surface area (TPSA) is 68.2 Å². The first-order valence-corrected chi connectivity index (χ1v) is 4.27. The minimum atomic E-state index is -0.593. The maximum absolute atomic E-state index is 11.0. The molecule has 0 aliphatic heterocycles. The molecule has 5 heteroatoms. The Labute approximate surface area is 84.5 Å². The van der Waals surface area contributed by atoms with Crippen LogP contribution in [0.15, 0.2) is 24.4 Å². The Morgan fingerprint density at radius 1 is 1.50 bits per heavy atom. The Morgan fingerprint density at radius 2 is 2.21 bits per heavy atom.